The summed E-state index contributed by atoms with van der Waals surface area (Å²) in [5.74, 6) is -0.721. The normalized spacial score (nSPS) is 17.8. The number of para-hydroxylation sites is 1. The van der Waals surface area contributed by atoms with Crippen LogP contribution < -0.4 is 9.64 Å². The molecule has 0 unspecified atom stereocenters. The number of nitrogens with zero attached hydrogens (tertiary/aromatic N) is 1. The van der Waals surface area contributed by atoms with Crippen LogP contribution in [0, 0.1) is 6.92 Å². The van der Waals surface area contributed by atoms with E-state index in [1.54, 1.807) is 11.0 Å². The van der Waals surface area contributed by atoms with Crippen molar-refractivity contribution in [3.63, 3.8) is 0 Å². The lowest BCUT2D eigenvalue weighted by molar-refractivity contribution is -0.180. The number of fused-ring (bicyclic) bond motifs is 2. The molecule has 2 heterocycles. The predicted molar refractivity (Wildman–Crippen MR) is 98.7 cm³/mol. The standard InChI is InChI=1S/C20H20ClNO4/c1-14-5-2-6-15(13-14)24-10-4-9-22-18-16(7-3-8-17(18)21)20(19(22)23)25-11-12-26-20/h2-3,5-8,13H,4,9-12H2,1H3. The minimum atomic E-state index is -1.34. The molecule has 0 radical (unpaired) electrons. The van der Waals surface area contributed by atoms with Crippen molar-refractivity contribution in [3.8, 4) is 5.75 Å². The molecule has 0 saturated carbocycles. The zero-order valence-electron chi connectivity index (χ0n) is 14.5. The van der Waals surface area contributed by atoms with Crippen LogP contribution in [0.3, 0.4) is 0 Å². The first-order chi connectivity index (χ1) is 12.6. The fraction of sp³-hybridized carbons (Fsp3) is 0.350. The van der Waals surface area contributed by atoms with Gasteiger partial charge in [-0.05, 0) is 37.1 Å². The van der Waals surface area contributed by atoms with Crippen molar-refractivity contribution < 1.29 is 19.0 Å². The minimum absolute atomic E-state index is 0.214. The highest BCUT2D eigenvalue weighted by Gasteiger charge is 2.56. The Labute approximate surface area is 157 Å². The predicted octanol–water partition coefficient (Wildman–Crippen LogP) is 3.66. The Kier molecular flexibility index (Phi) is 4.61. The number of benzene rings is 2. The van der Waals surface area contributed by atoms with Crippen molar-refractivity contribution in [2.24, 2.45) is 0 Å². The van der Waals surface area contributed by atoms with E-state index in [1.165, 1.54) is 0 Å². The molecule has 0 atom stereocenters. The van der Waals surface area contributed by atoms with Gasteiger partial charge in [0.05, 0.1) is 30.5 Å². The molecule has 4 rings (SSSR count). The van der Waals surface area contributed by atoms with Crippen LogP contribution >= 0.6 is 11.6 Å². The molecule has 2 aliphatic rings. The number of hydrogen-bond donors (Lipinski definition) is 0. The lowest BCUT2D eigenvalue weighted by Gasteiger charge is -2.22. The van der Waals surface area contributed by atoms with Crippen LogP contribution in [0.4, 0.5) is 5.69 Å². The number of carbonyl (C=O) groups excluding carboxylic acids is 1. The van der Waals surface area contributed by atoms with Crippen LogP contribution in [-0.4, -0.2) is 32.3 Å². The highest BCUT2D eigenvalue weighted by molar-refractivity contribution is 6.35. The third-order valence-corrected chi connectivity index (χ3v) is 4.92. The molecule has 1 fully saturated rings. The molecule has 2 aromatic carbocycles. The van der Waals surface area contributed by atoms with Crippen molar-refractivity contribution in [1.82, 2.24) is 0 Å². The fourth-order valence-electron chi connectivity index (χ4n) is 3.47. The number of carbonyl (C=O) groups is 1. The summed E-state index contributed by atoms with van der Waals surface area (Å²) in [6, 6.07) is 13.3. The number of anilines is 1. The zero-order valence-corrected chi connectivity index (χ0v) is 15.3. The Morgan fingerprint density at radius 3 is 2.73 bits per heavy atom. The summed E-state index contributed by atoms with van der Waals surface area (Å²) >= 11 is 6.38. The molecular weight excluding hydrogens is 354 g/mol. The molecule has 2 aliphatic heterocycles. The molecular formula is C20H20ClNO4. The average molecular weight is 374 g/mol. The van der Waals surface area contributed by atoms with Gasteiger partial charge in [-0.1, -0.05) is 35.9 Å². The van der Waals surface area contributed by atoms with Crippen molar-refractivity contribution in [1.29, 1.82) is 0 Å². The highest BCUT2D eigenvalue weighted by Crippen LogP contribution is 2.48. The Bertz CT molecular complexity index is 832. The monoisotopic (exact) mass is 373 g/mol. The quantitative estimate of drug-likeness (QED) is 0.750. The lowest BCUT2D eigenvalue weighted by Crippen LogP contribution is -2.41. The molecule has 1 amide bonds. The second kappa shape index (κ2) is 6.91. The Morgan fingerprint density at radius 1 is 1.19 bits per heavy atom. The summed E-state index contributed by atoms with van der Waals surface area (Å²) in [6.45, 7) is 3.79. The second-order valence-corrected chi connectivity index (χ2v) is 6.83. The van der Waals surface area contributed by atoms with Crippen LogP contribution in [0.25, 0.3) is 0 Å². The van der Waals surface area contributed by atoms with E-state index in [-0.39, 0.29) is 5.91 Å². The van der Waals surface area contributed by atoms with E-state index in [0.717, 1.165) is 11.3 Å². The first-order valence-corrected chi connectivity index (χ1v) is 9.08. The lowest BCUT2D eigenvalue weighted by atomic mass is 10.1. The van der Waals surface area contributed by atoms with Gasteiger partial charge in [-0.15, -0.1) is 0 Å². The van der Waals surface area contributed by atoms with Crippen LogP contribution in [0.5, 0.6) is 5.75 Å². The van der Waals surface area contributed by atoms with E-state index in [0.29, 0.717) is 49.1 Å². The molecule has 2 aromatic rings. The van der Waals surface area contributed by atoms with E-state index >= 15 is 0 Å². The van der Waals surface area contributed by atoms with E-state index in [1.807, 2.05) is 43.3 Å². The first-order valence-electron chi connectivity index (χ1n) is 8.70. The Morgan fingerprint density at radius 2 is 1.96 bits per heavy atom. The van der Waals surface area contributed by atoms with E-state index in [9.17, 15) is 4.79 Å². The maximum absolute atomic E-state index is 13.0. The Hall–Kier alpha value is -2.08. The third kappa shape index (κ3) is 2.86. The van der Waals surface area contributed by atoms with Crippen LogP contribution in [0.15, 0.2) is 42.5 Å². The number of aryl methyl sites for hydroxylation is 1. The van der Waals surface area contributed by atoms with Gasteiger partial charge in [0.15, 0.2) is 0 Å². The van der Waals surface area contributed by atoms with Crippen LogP contribution in [0.2, 0.25) is 5.02 Å². The summed E-state index contributed by atoms with van der Waals surface area (Å²) in [5, 5.41) is 0.520. The maximum atomic E-state index is 13.0. The minimum Gasteiger partial charge on any atom is -0.494 e. The topological polar surface area (TPSA) is 48.0 Å². The van der Waals surface area contributed by atoms with Crippen molar-refractivity contribution in [2.45, 2.75) is 19.1 Å². The molecule has 0 aliphatic carbocycles. The summed E-state index contributed by atoms with van der Waals surface area (Å²) in [4.78, 5) is 14.7. The fourth-order valence-corrected chi connectivity index (χ4v) is 3.75. The SMILES string of the molecule is Cc1cccc(OCCCN2C(=O)C3(OCCO3)c3cccc(Cl)c32)c1. The first kappa shape index (κ1) is 17.3. The zero-order chi connectivity index (χ0) is 18.1. The maximum Gasteiger partial charge on any atom is 0.292 e. The van der Waals surface area contributed by atoms with Crippen LogP contribution in [0.1, 0.15) is 17.5 Å². The number of rotatable bonds is 5. The number of hydrogen-bond acceptors (Lipinski definition) is 4. The summed E-state index contributed by atoms with van der Waals surface area (Å²) in [6.07, 6.45) is 0.667. The van der Waals surface area contributed by atoms with Crippen molar-refractivity contribution in [3.05, 3.63) is 58.6 Å². The molecule has 136 valence electrons. The van der Waals surface area contributed by atoms with Crippen molar-refractivity contribution in [2.75, 3.05) is 31.3 Å². The molecule has 0 aromatic heterocycles. The molecule has 1 spiro atoms. The Balaban J connectivity index is 1.48. The van der Waals surface area contributed by atoms with Gasteiger partial charge in [-0.2, -0.15) is 0 Å². The highest BCUT2D eigenvalue weighted by atomic mass is 35.5. The molecule has 5 nitrogen and oxygen atoms in total. The molecule has 1 saturated heterocycles. The molecule has 6 heteroatoms. The largest absolute Gasteiger partial charge is 0.494 e. The smallest absolute Gasteiger partial charge is 0.292 e. The van der Waals surface area contributed by atoms with E-state index < -0.39 is 5.79 Å². The van der Waals surface area contributed by atoms with Crippen LogP contribution in [-0.2, 0) is 20.1 Å². The van der Waals surface area contributed by atoms with E-state index in [4.69, 9.17) is 25.8 Å². The van der Waals surface area contributed by atoms with E-state index in [2.05, 4.69) is 0 Å². The third-order valence-electron chi connectivity index (χ3n) is 4.62. The van der Waals surface area contributed by atoms with Gasteiger partial charge < -0.3 is 19.1 Å². The van der Waals surface area contributed by atoms with Gasteiger partial charge in [-0.3, -0.25) is 4.79 Å². The summed E-state index contributed by atoms with van der Waals surface area (Å²) in [5.41, 5.74) is 2.51. The molecule has 0 N–H and O–H groups in total. The number of halogens is 1. The van der Waals surface area contributed by atoms with Gasteiger partial charge in [0.25, 0.3) is 11.7 Å². The van der Waals surface area contributed by atoms with Gasteiger partial charge in [-0.25, -0.2) is 0 Å². The molecule has 26 heavy (non-hydrogen) atoms. The number of ether oxygens (including phenoxy) is 3. The van der Waals surface area contributed by atoms with Gasteiger partial charge >= 0.3 is 0 Å². The average Bonchev–Trinajstić information content (AvgIpc) is 3.20. The summed E-state index contributed by atoms with van der Waals surface area (Å²) < 4.78 is 17.2. The number of amides is 1. The van der Waals surface area contributed by atoms with Crippen molar-refractivity contribution >= 4 is 23.2 Å². The van der Waals surface area contributed by atoms with Gasteiger partial charge in [0.2, 0.25) is 0 Å². The van der Waals surface area contributed by atoms with Gasteiger partial charge in [0, 0.05) is 12.1 Å². The molecule has 0 bridgehead atoms. The summed E-state index contributed by atoms with van der Waals surface area (Å²) in [7, 11) is 0. The van der Waals surface area contributed by atoms with Gasteiger partial charge in [0.1, 0.15) is 5.75 Å². The second-order valence-electron chi connectivity index (χ2n) is 6.42.